The Morgan fingerprint density at radius 3 is 2.64 bits per heavy atom. The van der Waals surface area contributed by atoms with Gasteiger partial charge in [0.05, 0.1) is 6.61 Å². The second-order valence-electron chi connectivity index (χ2n) is 3.40. The molecule has 0 aliphatic rings. The van der Waals surface area contributed by atoms with Crippen LogP contribution in [0.2, 0.25) is 5.02 Å². The zero-order valence-electron chi connectivity index (χ0n) is 8.57. The van der Waals surface area contributed by atoms with Gasteiger partial charge in [0.1, 0.15) is 0 Å². The molecule has 0 saturated carbocycles. The number of hydrogen-bond acceptors (Lipinski definition) is 2. The van der Waals surface area contributed by atoms with Gasteiger partial charge in [-0.05, 0) is 25.6 Å². The van der Waals surface area contributed by atoms with Crippen LogP contribution in [0.5, 0.6) is 0 Å². The zero-order chi connectivity index (χ0) is 10.6. The average Bonchev–Trinajstić information content (AvgIpc) is 2.18. The van der Waals surface area contributed by atoms with Crippen LogP contribution in [0.15, 0.2) is 24.3 Å². The summed E-state index contributed by atoms with van der Waals surface area (Å²) in [6, 6.07) is 8.03. The predicted molar refractivity (Wildman–Crippen MR) is 59.6 cm³/mol. The Bertz CT molecular complexity index is 290. The van der Waals surface area contributed by atoms with E-state index in [-0.39, 0.29) is 12.6 Å². The minimum atomic E-state index is 0.172. The summed E-state index contributed by atoms with van der Waals surface area (Å²) in [7, 11) is 1.98. The van der Waals surface area contributed by atoms with Crippen molar-refractivity contribution in [3.05, 3.63) is 34.9 Å². The molecule has 14 heavy (non-hydrogen) atoms. The smallest absolute Gasteiger partial charge is 0.0558 e. The van der Waals surface area contributed by atoms with Gasteiger partial charge in [-0.25, -0.2) is 0 Å². The van der Waals surface area contributed by atoms with Crippen molar-refractivity contribution in [3.63, 3.8) is 0 Å². The Labute approximate surface area is 90.1 Å². The molecule has 1 aromatic rings. The number of halogens is 1. The predicted octanol–water partition coefficient (Wildman–Crippen LogP) is 2.33. The topological polar surface area (TPSA) is 23.5 Å². The van der Waals surface area contributed by atoms with E-state index in [9.17, 15) is 0 Å². The number of nitrogens with zero attached hydrogens (tertiary/aromatic N) is 1. The van der Waals surface area contributed by atoms with Gasteiger partial charge in [0.2, 0.25) is 0 Å². The van der Waals surface area contributed by atoms with Crippen LogP contribution in [0.25, 0.3) is 0 Å². The highest BCUT2D eigenvalue weighted by Gasteiger charge is 2.13. The fraction of sp³-hybridized carbons (Fsp3) is 0.455. The van der Waals surface area contributed by atoms with Crippen molar-refractivity contribution in [3.8, 4) is 0 Å². The van der Waals surface area contributed by atoms with Crippen molar-refractivity contribution >= 4 is 11.6 Å². The van der Waals surface area contributed by atoms with Crippen LogP contribution in [0, 0.1) is 0 Å². The van der Waals surface area contributed by atoms with Gasteiger partial charge in [-0.3, -0.25) is 4.90 Å². The minimum Gasteiger partial charge on any atom is -0.395 e. The molecule has 1 atom stereocenters. The third-order valence-corrected chi connectivity index (χ3v) is 2.81. The molecule has 0 aromatic heterocycles. The molecule has 1 rings (SSSR count). The first-order chi connectivity index (χ1) is 6.66. The molecule has 2 nitrogen and oxygen atoms in total. The van der Waals surface area contributed by atoms with Gasteiger partial charge in [0, 0.05) is 17.6 Å². The SMILES string of the molecule is CC(c1ccccc1Cl)N(C)CCO. The fourth-order valence-corrected chi connectivity index (χ4v) is 1.70. The Balaban J connectivity index is 2.78. The highest BCUT2D eigenvalue weighted by Crippen LogP contribution is 2.25. The molecule has 1 N–H and O–H groups in total. The first kappa shape index (κ1) is 11.5. The minimum absolute atomic E-state index is 0.172. The quantitative estimate of drug-likeness (QED) is 0.830. The molecular weight excluding hydrogens is 198 g/mol. The molecule has 0 radical (unpaired) electrons. The van der Waals surface area contributed by atoms with Gasteiger partial charge in [-0.15, -0.1) is 0 Å². The first-order valence-electron chi connectivity index (χ1n) is 4.72. The number of aliphatic hydroxyl groups excluding tert-OH is 1. The number of hydrogen-bond donors (Lipinski definition) is 1. The first-order valence-corrected chi connectivity index (χ1v) is 5.10. The van der Waals surface area contributed by atoms with Crippen LogP contribution in [-0.2, 0) is 0 Å². The monoisotopic (exact) mass is 213 g/mol. The molecule has 1 unspecified atom stereocenters. The van der Waals surface area contributed by atoms with Crippen LogP contribution in [0.3, 0.4) is 0 Å². The van der Waals surface area contributed by atoms with E-state index >= 15 is 0 Å². The van der Waals surface area contributed by atoms with Crippen molar-refractivity contribution in [2.75, 3.05) is 20.2 Å². The number of aliphatic hydroxyl groups is 1. The highest BCUT2D eigenvalue weighted by atomic mass is 35.5. The summed E-state index contributed by atoms with van der Waals surface area (Å²) in [5.74, 6) is 0. The van der Waals surface area contributed by atoms with E-state index in [0.29, 0.717) is 6.54 Å². The van der Waals surface area contributed by atoms with Gasteiger partial charge < -0.3 is 5.11 Å². The third-order valence-electron chi connectivity index (χ3n) is 2.47. The lowest BCUT2D eigenvalue weighted by Crippen LogP contribution is -2.25. The standard InChI is InChI=1S/C11H16ClNO/c1-9(13(2)7-8-14)10-5-3-4-6-11(10)12/h3-6,9,14H,7-8H2,1-2H3. The molecule has 0 fully saturated rings. The van der Waals surface area contributed by atoms with Crippen LogP contribution in [-0.4, -0.2) is 30.2 Å². The zero-order valence-corrected chi connectivity index (χ0v) is 9.33. The van der Waals surface area contributed by atoms with Crippen molar-refractivity contribution < 1.29 is 5.11 Å². The second kappa shape index (κ2) is 5.35. The van der Waals surface area contributed by atoms with E-state index in [1.165, 1.54) is 0 Å². The molecule has 0 aliphatic heterocycles. The second-order valence-corrected chi connectivity index (χ2v) is 3.81. The third kappa shape index (κ3) is 2.71. The van der Waals surface area contributed by atoms with Crippen molar-refractivity contribution in [1.82, 2.24) is 4.90 Å². The summed E-state index contributed by atoms with van der Waals surface area (Å²) in [5, 5.41) is 9.61. The van der Waals surface area contributed by atoms with Crippen molar-refractivity contribution in [1.29, 1.82) is 0 Å². The average molecular weight is 214 g/mol. The fourth-order valence-electron chi connectivity index (χ4n) is 1.40. The van der Waals surface area contributed by atoms with Crippen LogP contribution in [0.4, 0.5) is 0 Å². The normalized spacial score (nSPS) is 13.2. The van der Waals surface area contributed by atoms with E-state index < -0.39 is 0 Å². The van der Waals surface area contributed by atoms with Gasteiger partial charge in [0.25, 0.3) is 0 Å². The van der Waals surface area contributed by atoms with E-state index in [0.717, 1.165) is 10.6 Å². The number of likely N-dealkylation sites (N-methyl/N-ethyl adjacent to an activating group) is 1. The molecule has 0 heterocycles. The number of rotatable bonds is 4. The molecule has 1 aromatic carbocycles. The Morgan fingerprint density at radius 1 is 1.43 bits per heavy atom. The molecular formula is C11H16ClNO. The van der Waals surface area contributed by atoms with Crippen LogP contribution in [0.1, 0.15) is 18.5 Å². The van der Waals surface area contributed by atoms with E-state index in [2.05, 4.69) is 11.8 Å². The maximum absolute atomic E-state index is 8.83. The van der Waals surface area contributed by atoms with E-state index in [1.54, 1.807) is 0 Å². The molecule has 0 amide bonds. The largest absolute Gasteiger partial charge is 0.395 e. The lowest BCUT2D eigenvalue weighted by molar-refractivity contribution is 0.189. The van der Waals surface area contributed by atoms with Gasteiger partial charge in [-0.1, -0.05) is 29.8 Å². The van der Waals surface area contributed by atoms with Gasteiger partial charge in [0.15, 0.2) is 0 Å². The molecule has 0 aliphatic carbocycles. The molecule has 0 saturated heterocycles. The Morgan fingerprint density at radius 2 is 2.07 bits per heavy atom. The Kier molecular flexibility index (Phi) is 4.39. The van der Waals surface area contributed by atoms with E-state index in [4.69, 9.17) is 16.7 Å². The molecule has 0 bridgehead atoms. The maximum atomic E-state index is 8.83. The lowest BCUT2D eigenvalue weighted by Gasteiger charge is -2.24. The van der Waals surface area contributed by atoms with E-state index in [1.807, 2.05) is 31.3 Å². The maximum Gasteiger partial charge on any atom is 0.0558 e. The summed E-state index contributed by atoms with van der Waals surface area (Å²) >= 11 is 6.07. The van der Waals surface area contributed by atoms with Crippen LogP contribution < -0.4 is 0 Å². The highest BCUT2D eigenvalue weighted by molar-refractivity contribution is 6.31. The summed E-state index contributed by atoms with van der Waals surface area (Å²) in [4.78, 5) is 2.07. The lowest BCUT2D eigenvalue weighted by atomic mass is 10.1. The summed E-state index contributed by atoms with van der Waals surface area (Å²) < 4.78 is 0. The number of benzene rings is 1. The molecule has 78 valence electrons. The Hall–Kier alpha value is -0.570. The van der Waals surface area contributed by atoms with Gasteiger partial charge >= 0.3 is 0 Å². The molecule has 0 spiro atoms. The van der Waals surface area contributed by atoms with Crippen molar-refractivity contribution in [2.24, 2.45) is 0 Å². The van der Waals surface area contributed by atoms with Gasteiger partial charge in [-0.2, -0.15) is 0 Å². The van der Waals surface area contributed by atoms with Crippen LogP contribution >= 0.6 is 11.6 Å². The summed E-state index contributed by atoms with van der Waals surface area (Å²) in [6.45, 7) is 2.91. The molecule has 3 heteroatoms. The summed E-state index contributed by atoms with van der Waals surface area (Å²) in [6.07, 6.45) is 0. The van der Waals surface area contributed by atoms with Crippen molar-refractivity contribution in [2.45, 2.75) is 13.0 Å². The summed E-state index contributed by atoms with van der Waals surface area (Å²) in [5.41, 5.74) is 1.10.